The van der Waals surface area contributed by atoms with Crippen molar-refractivity contribution in [2.45, 2.75) is 88.5 Å². The molecule has 3 heterocycles. The highest BCUT2D eigenvalue weighted by Crippen LogP contribution is 2.60. The first kappa shape index (κ1) is 28.8. The Bertz CT molecular complexity index is 1060. The van der Waals surface area contributed by atoms with E-state index in [1.807, 2.05) is 41.5 Å². The number of aliphatic hydroxyl groups is 1. The molecule has 0 aliphatic carbocycles. The predicted molar refractivity (Wildman–Crippen MR) is 147 cm³/mol. The molecule has 1 aromatic carbocycles. The average molecular weight is 595 g/mol. The number of benzene rings is 1. The monoisotopic (exact) mass is 593 g/mol. The van der Waals surface area contributed by atoms with E-state index in [4.69, 9.17) is 9.47 Å². The second-order valence-corrected chi connectivity index (χ2v) is 12.9. The molecule has 3 fully saturated rings. The molecule has 0 saturated carbocycles. The number of likely N-dealkylation sites (tertiary alicyclic amines) is 1. The summed E-state index contributed by atoms with van der Waals surface area (Å²) in [6.45, 7) is 11.7. The van der Waals surface area contributed by atoms with Crippen LogP contribution in [0.1, 0.15) is 54.4 Å². The molecule has 1 spiro atoms. The van der Waals surface area contributed by atoms with Crippen LogP contribution in [0.4, 0.5) is 5.69 Å². The number of fused-ring (bicyclic) bond motifs is 1. The molecule has 10 heteroatoms. The molecule has 3 aliphatic rings. The molecule has 0 radical (unpaired) electrons. The van der Waals surface area contributed by atoms with Gasteiger partial charge in [0.25, 0.3) is 0 Å². The first-order chi connectivity index (χ1) is 17.9. The summed E-state index contributed by atoms with van der Waals surface area (Å²) >= 11 is 3.69. The molecule has 3 saturated heterocycles. The highest BCUT2D eigenvalue weighted by Gasteiger charge is 2.77. The van der Waals surface area contributed by atoms with E-state index in [0.717, 1.165) is 0 Å². The lowest BCUT2D eigenvalue weighted by molar-refractivity contribution is -0.147. The number of carbonyl (C=O) groups excluding carboxylic acids is 3. The molecule has 2 bridgehead atoms. The molecule has 4 rings (SSSR count). The van der Waals surface area contributed by atoms with Crippen molar-refractivity contribution in [1.82, 2.24) is 10.2 Å². The van der Waals surface area contributed by atoms with Gasteiger partial charge in [-0.1, -0.05) is 36.2 Å². The summed E-state index contributed by atoms with van der Waals surface area (Å²) in [5, 5.41) is 16.4. The van der Waals surface area contributed by atoms with Crippen molar-refractivity contribution in [3.05, 3.63) is 24.3 Å². The van der Waals surface area contributed by atoms with E-state index in [9.17, 15) is 19.5 Å². The number of halogens is 1. The van der Waals surface area contributed by atoms with Crippen LogP contribution in [0, 0.1) is 17.8 Å². The summed E-state index contributed by atoms with van der Waals surface area (Å²) < 4.78 is 12.0. The molecule has 210 valence electrons. The molecule has 3 amide bonds. The van der Waals surface area contributed by atoms with Gasteiger partial charge in [0.2, 0.25) is 17.7 Å². The maximum Gasteiger partial charge on any atom is 0.246 e. The second kappa shape index (κ2) is 10.8. The van der Waals surface area contributed by atoms with Gasteiger partial charge in [0, 0.05) is 16.1 Å². The van der Waals surface area contributed by atoms with Gasteiger partial charge in [-0.15, -0.1) is 0 Å². The summed E-state index contributed by atoms with van der Waals surface area (Å²) in [6, 6.07) is 5.53. The smallest absolute Gasteiger partial charge is 0.246 e. The number of carbonyl (C=O) groups is 3. The maximum atomic E-state index is 14.2. The SMILES string of the molecule is CCOc1ccc(NC(=O)[C@H]2[C@H]3C(=O)N([C@@H](CO)[C@@H](C)CC)C(C(=O)NC(C)(C)C)C34CC(Br)[C@@H]2O4)cc1. The minimum atomic E-state index is -1.17. The van der Waals surface area contributed by atoms with Crippen molar-refractivity contribution >= 4 is 39.3 Å². The zero-order chi connectivity index (χ0) is 28.0. The van der Waals surface area contributed by atoms with Gasteiger partial charge >= 0.3 is 0 Å². The molecule has 8 atom stereocenters. The Morgan fingerprint density at radius 3 is 2.45 bits per heavy atom. The van der Waals surface area contributed by atoms with Crippen LogP contribution in [0.3, 0.4) is 0 Å². The minimum absolute atomic E-state index is 0.0581. The molecule has 3 unspecified atom stereocenters. The number of nitrogens with zero attached hydrogens (tertiary/aromatic N) is 1. The molecular weight excluding hydrogens is 554 g/mol. The first-order valence-electron chi connectivity index (χ1n) is 13.5. The number of aliphatic hydroxyl groups excluding tert-OH is 1. The van der Waals surface area contributed by atoms with Gasteiger partial charge in [0.05, 0.1) is 37.2 Å². The summed E-state index contributed by atoms with van der Waals surface area (Å²) in [5.74, 6) is -1.96. The second-order valence-electron chi connectivity index (χ2n) is 11.7. The lowest BCUT2D eigenvalue weighted by Gasteiger charge is -2.40. The van der Waals surface area contributed by atoms with Crippen molar-refractivity contribution in [2.75, 3.05) is 18.5 Å². The fourth-order valence-electron chi connectivity index (χ4n) is 6.30. The number of alkyl halides is 1. The van der Waals surface area contributed by atoms with Gasteiger partial charge in [-0.2, -0.15) is 0 Å². The lowest BCUT2D eigenvalue weighted by atomic mass is 9.70. The van der Waals surface area contributed by atoms with E-state index in [0.29, 0.717) is 30.9 Å². The standard InChI is InChI=1S/C28H40BrN3O6/c1-7-15(3)19(14-33)32-23(25(35)31-27(4,5)6)28-13-18(29)22(38-28)20(21(28)26(32)36)24(34)30-16-9-11-17(12-10-16)37-8-2/h9-12,15,18-23,33H,7-8,13-14H2,1-6H3,(H,30,34)(H,31,35)/t15-,18?,19-,20-,21-,22-,23?,28?/m0/s1. The van der Waals surface area contributed by atoms with Gasteiger partial charge in [-0.05, 0) is 64.3 Å². The summed E-state index contributed by atoms with van der Waals surface area (Å²) in [5.41, 5.74) is -1.13. The third kappa shape index (κ3) is 4.95. The van der Waals surface area contributed by atoms with Crippen molar-refractivity contribution in [2.24, 2.45) is 17.8 Å². The van der Waals surface area contributed by atoms with Crippen LogP contribution >= 0.6 is 15.9 Å². The Kier molecular flexibility index (Phi) is 8.17. The van der Waals surface area contributed by atoms with Crippen LogP contribution in [-0.4, -0.2) is 75.1 Å². The molecule has 3 N–H and O–H groups in total. The van der Waals surface area contributed by atoms with Crippen molar-refractivity contribution in [3.63, 3.8) is 0 Å². The Morgan fingerprint density at radius 1 is 1.24 bits per heavy atom. The van der Waals surface area contributed by atoms with Crippen LogP contribution in [0.2, 0.25) is 0 Å². The number of amides is 3. The number of hydrogen-bond acceptors (Lipinski definition) is 6. The fourth-order valence-corrected chi connectivity index (χ4v) is 7.25. The number of hydrogen-bond donors (Lipinski definition) is 3. The van der Waals surface area contributed by atoms with Gasteiger partial charge < -0.3 is 30.1 Å². The molecular formula is C28H40BrN3O6. The number of rotatable bonds is 9. The van der Waals surface area contributed by atoms with Crippen molar-refractivity contribution < 1.29 is 29.0 Å². The van der Waals surface area contributed by atoms with Crippen molar-refractivity contribution in [1.29, 1.82) is 0 Å². The van der Waals surface area contributed by atoms with Crippen molar-refractivity contribution in [3.8, 4) is 5.75 Å². The van der Waals surface area contributed by atoms with Crippen LogP contribution in [0.15, 0.2) is 24.3 Å². The summed E-state index contributed by atoms with van der Waals surface area (Å²) in [4.78, 5) is 43.1. The largest absolute Gasteiger partial charge is 0.494 e. The van der Waals surface area contributed by atoms with Gasteiger partial charge in [-0.3, -0.25) is 14.4 Å². The summed E-state index contributed by atoms with van der Waals surface area (Å²) in [6.07, 6.45) is 0.569. The van der Waals surface area contributed by atoms with E-state index in [1.165, 1.54) is 4.90 Å². The van der Waals surface area contributed by atoms with E-state index in [-0.39, 0.29) is 35.1 Å². The Balaban J connectivity index is 1.71. The third-order valence-electron chi connectivity index (χ3n) is 8.05. The number of ether oxygens (including phenoxy) is 2. The molecule has 1 aromatic rings. The van der Waals surface area contributed by atoms with Gasteiger partial charge in [0.15, 0.2) is 0 Å². The number of anilines is 1. The predicted octanol–water partition coefficient (Wildman–Crippen LogP) is 3.09. The van der Waals surface area contributed by atoms with Crippen LogP contribution in [0.25, 0.3) is 0 Å². The average Bonchev–Trinajstić information content (AvgIpc) is 3.43. The normalized spacial score (nSPS) is 31.6. The lowest BCUT2D eigenvalue weighted by Crippen LogP contribution is -2.61. The van der Waals surface area contributed by atoms with Crippen LogP contribution in [0.5, 0.6) is 5.75 Å². The van der Waals surface area contributed by atoms with Gasteiger partial charge in [0.1, 0.15) is 17.4 Å². The maximum absolute atomic E-state index is 14.2. The minimum Gasteiger partial charge on any atom is -0.494 e. The topological polar surface area (TPSA) is 117 Å². The van der Waals surface area contributed by atoms with E-state index in [2.05, 4.69) is 26.6 Å². The van der Waals surface area contributed by atoms with E-state index in [1.54, 1.807) is 24.3 Å². The molecule has 3 aliphatic heterocycles. The third-order valence-corrected chi connectivity index (χ3v) is 8.90. The van der Waals surface area contributed by atoms with Crippen LogP contribution < -0.4 is 15.4 Å². The Labute approximate surface area is 233 Å². The highest BCUT2D eigenvalue weighted by atomic mass is 79.9. The first-order valence-corrected chi connectivity index (χ1v) is 14.4. The Hall–Kier alpha value is -2.17. The quantitative estimate of drug-likeness (QED) is 0.379. The fraction of sp³-hybridized carbons (Fsp3) is 0.679. The number of nitrogens with one attached hydrogen (secondary N) is 2. The van der Waals surface area contributed by atoms with E-state index >= 15 is 0 Å². The zero-order valence-corrected chi connectivity index (χ0v) is 24.6. The zero-order valence-electron chi connectivity index (χ0n) is 23.0. The highest BCUT2D eigenvalue weighted by molar-refractivity contribution is 9.09. The van der Waals surface area contributed by atoms with Gasteiger partial charge in [-0.25, -0.2) is 0 Å². The van der Waals surface area contributed by atoms with Crippen LogP contribution in [-0.2, 0) is 19.1 Å². The Morgan fingerprint density at radius 2 is 1.89 bits per heavy atom. The molecule has 0 aromatic heterocycles. The van der Waals surface area contributed by atoms with E-state index < -0.39 is 41.2 Å². The summed E-state index contributed by atoms with van der Waals surface area (Å²) in [7, 11) is 0. The molecule has 9 nitrogen and oxygen atoms in total. The molecule has 38 heavy (non-hydrogen) atoms.